The summed E-state index contributed by atoms with van der Waals surface area (Å²) in [7, 11) is 0. The van der Waals surface area contributed by atoms with Crippen LogP contribution in [0.5, 0.6) is 0 Å². The monoisotopic (exact) mass is 416 g/mol. The second-order valence-corrected chi connectivity index (χ2v) is 7.73. The Hall–Kier alpha value is -1.63. The summed E-state index contributed by atoms with van der Waals surface area (Å²) in [5.74, 6) is -4.21. The van der Waals surface area contributed by atoms with Gasteiger partial charge in [0.05, 0.1) is 0 Å². The molecule has 0 aromatic carbocycles. The Kier molecular flexibility index (Phi) is 17.4. The number of aliphatic carboxylic acids is 2. The molecule has 0 radical (unpaired) electrons. The summed E-state index contributed by atoms with van der Waals surface area (Å²) in [5, 5.41) is 26.7. The lowest BCUT2D eigenvalue weighted by molar-refractivity contribution is -0.178. The van der Waals surface area contributed by atoms with Crippen molar-refractivity contribution in [2.24, 2.45) is 0 Å². The first-order valence-electron chi connectivity index (χ1n) is 11.2. The number of carbonyl (C=O) groups is 3. The molecule has 0 bridgehead atoms. The van der Waals surface area contributed by atoms with Gasteiger partial charge in [0, 0.05) is 6.42 Å². The molecule has 170 valence electrons. The van der Waals surface area contributed by atoms with E-state index in [1.165, 1.54) is 70.6 Å². The van der Waals surface area contributed by atoms with Crippen molar-refractivity contribution in [1.29, 1.82) is 0 Å². The van der Waals surface area contributed by atoms with Crippen LogP contribution in [0.2, 0.25) is 0 Å². The zero-order valence-electron chi connectivity index (χ0n) is 17.9. The van der Waals surface area contributed by atoms with Crippen LogP contribution in [0, 0.1) is 0 Å². The number of carboxylic acid groups (broad SMARTS) is 2. The molecule has 0 aromatic rings. The number of rotatable bonds is 20. The lowest BCUT2D eigenvalue weighted by Gasteiger charge is -2.16. The average Bonchev–Trinajstić information content (AvgIpc) is 2.68. The van der Waals surface area contributed by atoms with E-state index >= 15 is 0 Å². The van der Waals surface area contributed by atoms with E-state index < -0.39 is 30.1 Å². The molecule has 0 aliphatic carbocycles. The number of esters is 1. The molecule has 0 aliphatic rings. The average molecular weight is 417 g/mol. The Labute approximate surface area is 174 Å². The van der Waals surface area contributed by atoms with E-state index in [0.717, 1.165) is 19.3 Å². The fraction of sp³-hybridized carbons (Fsp3) is 0.864. The first-order valence-corrected chi connectivity index (χ1v) is 11.2. The summed E-state index contributed by atoms with van der Waals surface area (Å²) in [5.41, 5.74) is 0. The fourth-order valence-corrected chi connectivity index (χ4v) is 3.22. The van der Waals surface area contributed by atoms with Crippen molar-refractivity contribution in [1.82, 2.24) is 0 Å². The maximum Gasteiger partial charge on any atom is 0.348 e. The quantitative estimate of drug-likeness (QED) is 0.194. The van der Waals surface area contributed by atoms with Gasteiger partial charge in [-0.1, -0.05) is 96.8 Å². The predicted molar refractivity (Wildman–Crippen MR) is 111 cm³/mol. The molecular formula is C22H40O7. The van der Waals surface area contributed by atoms with Crippen LogP contribution >= 0.6 is 0 Å². The minimum Gasteiger partial charge on any atom is -0.479 e. The van der Waals surface area contributed by atoms with Crippen LogP contribution in [-0.4, -0.2) is 45.4 Å². The number of aliphatic hydroxyl groups excluding tert-OH is 1. The third-order valence-electron chi connectivity index (χ3n) is 5.03. The van der Waals surface area contributed by atoms with Crippen molar-refractivity contribution in [2.75, 3.05) is 0 Å². The molecule has 7 nitrogen and oxygen atoms in total. The Balaban J connectivity index is 3.53. The number of unbranched alkanes of at least 4 members (excludes halogenated alkanes) is 14. The van der Waals surface area contributed by atoms with Crippen LogP contribution in [0.3, 0.4) is 0 Å². The van der Waals surface area contributed by atoms with Crippen LogP contribution in [-0.2, 0) is 19.1 Å². The third-order valence-corrected chi connectivity index (χ3v) is 5.03. The second kappa shape index (κ2) is 18.4. The summed E-state index contributed by atoms with van der Waals surface area (Å²) in [4.78, 5) is 33.2. The predicted octanol–water partition coefficient (Wildman–Crippen LogP) is 4.69. The molecular weight excluding hydrogens is 376 g/mol. The highest BCUT2D eigenvalue weighted by molar-refractivity contribution is 5.85. The van der Waals surface area contributed by atoms with E-state index in [1.54, 1.807) is 0 Å². The van der Waals surface area contributed by atoms with E-state index in [9.17, 15) is 19.5 Å². The zero-order chi connectivity index (χ0) is 21.9. The highest BCUT2D eigenvalue weighted by Crippen LogP contribution is 2.14. The molecule has 29 heavy (non-hydrogen) atoms. The van der Waals surface area contributed by atoms with Gasteiger partial charge in [-0.05, 0) is 6.42 Å². The topological polar surface area (TPSA) is 121 Å². The highest BCUT2D eigenvalue weighted by Gasteiger charge is 2.35. The Morgan fingerprint density at radius 2 is 1.03 bits per heavy atom. The van der Waals surface area contributed by atoms with Gasteiger partial charge in [0.25, 0.3) is 0 Å². The van der Waals surface area contributed by atoms with E-state index in [2.05, 4.69) is 11.7 Å². The Morgan fingerprint density at radius 1 is 0.655 bits per heavy atom. The molecule has 0 saturated heterocycles. The number of carboxylic acids is 2. The number of hydrogen-bond acceptors (Lipinski definition) is 5. The number of aliphatic hydroxyl groups is 1. The molecule has 0 heterocycles. The summed E-state index contributed by atoms with van der Waals surface area (Å²) in [6.45, 7) is 2.24. The Morgan fingerprint density at radius 3 is 1.38 bits per heavy atom. The van der Waals surface area contributed by atoms with Gasteiger partial charge in [-0.15, -0.1) is 0 Å². The highest BCUT2D eigenvalue weighted by atomic mass is 16.6. The van der Waals surface area contributed by atoms with E-state index in [4.69, 9.17) is 10.2 Å². The van der Waals surface area contributed by atoms with Gasteiger partial charge in [0.2, 0.25) is 6.10 Å². The minimum atomic E-state index is -2.27. The molecule has 0 spiro atoms. The van der Waals surface area contributed by atoms with Crippen LogP contribution in [0.25, 0.3) is 0 Å². The maximum atomic E-state index is 11.6. The normalized spacial score (nSPS) is 13.0. The standard InChI is InChI=1S/C22H40O7/c1-2-3-4-5-6-7-8-9-10-11-12-13-14-15-16-17-18(23)29-20(22(27)28)19(24)21(25)26/h19-20,24H,2-17H2,1H3,(H,25,26)(H,27,28). The van der Waals surface area contributed by atoms with Gasteiger partial charge < -0.3 is 20.1 Å². The second-order valence-electron chi connectivity index (χ2n) is 7.73. The largest absolute Gasteiger partial charge is 0.479 e. The van der Waals surface area contributed by atoms with Crippen LogP contribution in [0.4, 0.5) is 0 Å². The maximum absolute atomic E-state index is 11.6. The molecule has 0 amide bonds. The van der Waals surface area contributed by atoms with Crippen molar-refractivity contribution in [3.8, 4) is 0 Å². The summed E-state index contributed by atoms with van der Waals surface area (Å²) in [6.07, 6.45) is 13.7. The first kappa shape index (κ1) is 27.4. The first-order chi connectivity index (χ1) is 13.9. The molecule has 7 heteroatoms. The van der Waals surface area contributed by atoms with Gasteiger partial charge in [0.15, 0.2) is 6.10 Å². The number of carbonyl (C=O) groups excluding carboxylic acids is 1. The number of hydrogen-bond donors (Lipinski definition) is 3. The van der Waals surface area contributed by atoms with Gasteiger partial charge in [0.1, 0.15) is 0 Å². The molecule has 0 fully saturated rings. The molecule has 0 saturated carbocycles. The van der Waals surface area contributed by atoms with Gasteiger partial charge in [-0.2, -0.15) is 0 Å². The van der Waals surface area contributed by atoms with Crippen molar-refractivity contribution in [3.63, 3.8) is 0 Å². The summed E-state index contributed by atoms with van der Waals surface area (Å²) in [6, 6.07) is 0. The van der Waals surface area contributed by atoms with Gasteiger partial charge >= 0.3 is 17.9 Å². The third kappa shape index (κ3) is 15.9. The zero-order valence-corrected chi connectivity index (χ0v) is 17.9. The van der Waals surface area contributed by atoms with E-state index in [0.29, 0.717) is 6.42 Å². The summed E-state index contributed by atoms with van der Waals surface area (Å²) < 4.78 is 4.58. The van der Waals surface area contributed by atoms with Crippen LogP contribution < -0.4 is 0 Å². The lowest BCUT2D eigenvalue weighted by Crippen LogP contribution is -2.42. The van der Waals surface area contributed by atoms with E-state index in [1.807, 2.05) is 0 Å². The SMILES string of the molecule is CCCCCCCCCCCCCCCCCC(=O)OC(C(=O)O)C(O)C(=O)O. The van der Waals surface area contributed by atoms with E-state index in [-0.39, 0.29) is 6.42 Å². The van der Waals surface area contributed by atoms with Crippen LogP contribution in [0.1, 0.15) is 110 Å². The lowest BCUT2D eigenvalue weighted by atomic mass is 10.0. The molecule has 2 atom stereocenters. The van der Waals surface area contributed by atoms with Crippen molar-refractivity contribution in [3.05, 3.63) is 0 Å². The molecule has 0 aromatic heterocycles. The smallest absolute Gasteiger partial charge is 0.348 e. The van der Waals surface area contributed by atoms with Crippen molar-refractivity contribution >= 4 is 17.9 Å². The van der Waals surface area contributed by atoms with Gasteiger partial charge in [-0.3, -0.25) is 4.79 Å². The molecule has 3 N–H and O–H groups in total. The van der Waals surface area contributed by atoms with Gasteiger partial charge in [-0.25, -0.2) is 9.59 Å². The molecule has 2 unspecified atom stereocenters. The Bertz CT molecular complexity index is 450. The van der Waals surface area contributed by atoms with Crippen LogP contribution in [0.15, 0.2) is 0 Å². The fourth-order valence-electron chi connectivity index (χ4n) is 3.22. The van der Waals surface area contributed by atoms with Crippen molar-refractivity contribution in [2.45, 2.75) is 122 Å². The molecule has 0 aliphatic heterocycles. The van der Waals surface area contributed by atoms with Crippen molar-refractivity contribution < 1.29 is 34.4 Å². The minimum absolute atomic E-state index is 0.0222. The number of ether oxygens (including phenoxy) is 1. The molecule has 0 rings (SSSR count). The summed E-state index contributed by atoms with van der Waals surface area (Å²) >= 11 is 0.